The van der Waals surface area contributed by atoms with Gasteiger partial charge in [0.1, 0.15) is 11.9 Å². The molecule has 0 aliphatic rings. The van der Waals surface area contributed by atoms with Crippen LogP contribution < -0.4 is 0 Å². The Morgan fingerprint density at radius 1 is 1.19 bits per heavy atom. The first-order valence-corrected chi connectivity index (χ1v) is 5.10. The Kier molecular flexibility index (Phi) is 3.17. The van der Waals surface area contributed by atoms with E-state index < -0.39 is 11.9 Å². The lowest BCUT2D eigenvalue weighted by Gasteiger charge is -2.12. The van der Waals surface area contributed by atoms with E-state index in [2.05, 4.69) is 4.98 Å². The van der Waals surface area contributed by atoms with Crippen LogP contribution >= 0.6 is 11.6 Å². The van der Waals surface area contributed by atoms with E-state index in [1.165, 1.54) is 12.1 Å². The minimum atomic E-state index is -1.03. The summed E-state index contributed by atoms with van der Waals surface area (Å²) in [7, 11) is 0. The molecule has 1 aromatic carbocycles. The van der Waals surface area contributed by atoms with Gasteiger partial charge in [-0.1, -0.05) is 23.7 Å². The molecule has 2 nitrogen and oxygen atoms in total. The highest BCUT2D eigenvalue weighted by Crippen LogP contribution is 2.27. The second kappa shape index (κ2) is 4.60. The van der Waals surface area contributed by atoms with Crippen LogP contribution in [0.3, 0.4) is 0 Å². The predicted molar refractivity (Wildman–Crippen MR) is 59.7 cm³/mol. The molecule has 4 heteroatoms. The molecule has 1 heterocycles. The zero-order valence-electron chi connectivity index (χ0n) is 8.27. The van der Waals surface area contributed by atoms with Crippen molar-refractivity contribution in [2.75, 3.05) is 0 Å². The molecule has 0 bridgehead atoms. The highest BCUT2D eigenvalue weighted by molar-refractivity contribution is 6.30. The summed E-state index contributed by atoms with van der Waals surface area (Å²) < 4.78 is 13.6. The van der Waals surface area contributed by atoms with E-state index in [9.17, 15) is 9.50 Å². The van der Waals surface area contributed by atoms with Crippen LogP contribution in [0.25, 0.3) is 0 Å². The molecule has 0 aliphatic heterocycles. The number of hydrogen-bond acceptors (Lipinski definition) is 2. The summed E-state index contributed by atoms with van der Waals surface area (Å²) in [5.41, 5.74) is 0.745. The topological polar surface area (TPSA) is 33.1 Å². The van der Waals surface area contributed by atoms with E-state index in [4.69, 9.17) is 11.6 Å². The van der Waals surface area contributed by atoms with E-state index in [0.717, 1.165) is 0 Å². The largest absolute Gasteiger partial charge is 0.384 e. The number of pyridine rings is 1. The molecule has 0 spiro atoms. The highest BCUT2D eigenvalue weighted by atomic mass is 35.5. The van der Waals surface area contributed by atoms with Gasteiger partial charge in [0.2, 0.25) is 0 Å². The predicted octanol–water partition coefficient (Wildman–Crippen LogP) is 2.96. The van der Waals surface area contributed by atoms with Crippen LogP contribution in [0.5, 0.6) is 0 Å². The Labute approximate surface area is 97.3 Å². The van der Waals surface area contributed by atoms with Gasteiger partial charge in [0.25, 0.3) is 0 Å². The summed E-state index contributed by atoms with van der Waals surface area (Å²) in [5, 5.41) is 9.98. The number of halogens is 2. The fourth-order valence-corrected chi connectivity index (χ4v) is 1.64. The molecule has 16 heavy (non-hydrogen) atoms. The van der Waals surface area contributed by atoms with E-state index >= 15 is 0 Å². The Bertz CT molecular complexity index is 490. The van der Waals surface area contributed by atoms with Gasteiger partial charge < -0.3 is 5.11 Å². The van der Waals surface area contributed by atoms with Gasteiger partial charge in [0.15, 0.2) is 0 Å². The summed E-state index contributed by atoms with van der Waals surface area (Å²) >= 11 is 5.65. The maximum Gasteiger partial charge on any atom is 0.147 e. The molecule has 0 aliphatic carbocycles. The van der Waals surface area contributed by atoms with Crippen molar-refractivity contribution in [1.82, 2.24) is 4.98 Å². The van der Waals surface area contributed by atoms with Crippen molar-refractivity contribution in [1.29, 1.82) is 0 Å². The van der Waals surface area contributed by atoms with Crippen molar-refractivity contribution in [3.05, 3.63) is 64.7 Å². The number of rotatable bonds is 2. The zero-order valence-corrected chi connectivity index (χ0v) is 9.03. The van der Waals surface area contributed by atoms with Crippen LogP contribution in [0.1, 0.15) is 17.2 Å². The lowest BCUT2D eigenvalue weighted by atomic mass is 10.0. The Hall–Kier alpha value is -1.45. The van der Waals surface area contributed by atoms with Gasteiger partial charge in [-0.05, 0) is 23.8 Å². The Balaban J connectivity index is 2.42. The van der Waals surface area contributed by atoms with Crippen LogP contribution in [0, 0.1) is 5.82 Å². The van der Waals surface area contributed by atoms with E-state index in [1.807, 2.05) is 0 Å². The first kappa shape index (κ1) is 11.0. The van der Waals surface area contributed by atoms with Crippen molar-refractivity contribution < 1.29 is 9.50 Å². The van der Waals surface area contributed by atoms with Crippen molar-refractivity contribution in [2.45, 2.75) is 6.10 Å². The van der Waals surface area contributed by atoms with Crippen LogP contribution in [0.4, 0.5) is 4.39 Å². The number of aromatic nitrogens is 1. The average molecular weight is 238 g/mol. The summed E-state index contributed by atoms with van der Waals surface area (Å²) in [5.74, 6) is -0.589. The molecule has 1 N–H and O–H groups in total. The normalized spacial score (nSPS) is 12.4. The van der Waals surface area contributed by atoms with Crippen molar-refractivity contribution in [2.24, 2.45) is 0 Å². The average Bonchev–Trinajstić information content (AvgIpc) is 2.33. The summed E-state index contributed by atoms with van der Waals surface area (Å²) in [6, 6.07) is 7.81. The minimum Gasteiger partial charge on any atom is -0.384 e. The molecule has 1 aromatic heterocycles. The quantitative estimate of drug-likeness (QED) is 0.871. The molecule has 2 rings (SSSR count). The zero-order chi connectivity index (χ0) is 11.5. The number of nitrogens with zero attached hydrogens (tertiary/aromatic N) is 1. The molecule has 82 valence electrons. The third-order valence-corrected chi connectivity index (χ3v) is 2.59. The van der Waals surface area contributed by atoms with Crippen LogP contribution in [0.15, 0.2) is 42.7 Å². The standard InChI is InChI=1S/C12H9ClFNO/c13-10-3-1-2-9(11(10)14)12(16)8-4-6-15-7-5-8/h1-7,12,16H/t12-/m1/s1. The molecule has 0 fully saturated rings. The van der Waals surface area contributed by atoms with Gasteiger partial charge in [0, 0.05) is 18.0 Å². The van der Waals surface area contributed by atoms with Gasteiger partial charge in [-0.25, -0.2) is 4.39 Å². The molecular formula is C12H9ClFNO. The van der Waals surface area contributed by atoms with Gasteiger partial charge in [-0.2, -0.15) is 0 Å². The maximum atomic E-state index is 13.6. The lowest BCUT2D eigenvalue weighted by molar-refractivity contribution is 0.215. The van der Waals surface area contributed by atoms with E-state index in [0.29, 0.717) is 5.56 Å². The minimum absolute atomic E-state index is 0.00519. The van der Waals surface area contributed by atoms with Crippen LogP contribution in [-0.4, -0.2) is 10.1 Å². The van der Waals surface area contributed by atoms with E-state index in [-0.39, 0.29) is 10.6 Å². The van der Waals surface area contributed by atoms with Gasteiger partial charge >= 0.3 is 0 Å². The molecule has 0 unspecified atom stereocenters. The molecule has 2 aromatic rings. The first-order valence-electron chi connectivity index (χ1n) is 4.72. The Morgan fingerprint density at radius 2 is 1.88 bits per heavy atom. The highest BCUT2D eigenvalue weighted by Gasteiger charge is 2.16. The van der Waals surface area contributed by atoms with Gasteiger partial charge in [-0.3, -0.25) is 4.98 Å². The van der Waals surface area contributed by atoms with Gasteiger partial charge in [0.05, 0.1) is 5.02 Å². The second-order valence-corrected chi connectivity index (χ2v) is 3.73. The third kappa shape index (κ3) is 2.05. The van der Waals surface area contributed by atoms with Gasteiger partial charge in [-0.15, -0.1) is 0 Å². The molecular weight excluding hydrogens is 229 g/mol. The number of aliphatic hydroxyl groups excluding tert-OH is 1. The molecule has 0 saturated carbocycles. The van der Waals surface area contributed by atoms with Crippen LogP contribution in [-0.2, 0) is 0 Å². The molecule has 0 saturated heterocycles. The maximum absolute atomic E-state index is 13.6. The van der Waals surface area contributed by atoms with E-state index in [1.54, 1.807) is 30.6 Å². The first-order chi connectivity index (χ1) is 7.70. The lowest BCUT2D eigenvalue weighted by Crippen LogP contribution is -2.02. The van der Waals surface area contributed by atoms with Crippen LogP contribution in [0.2, 0.25) is 5.02 Å². The fourth-order valence-electron chi connectivity index (χ4n) is 1.46. The fraction of sp³-hybridized carbons (Fsp3) is 0.0833. The SMILES string of the molecule is O[C@H](c1ccncc1)c1cccc(Cl)c1F. The summed E-state index contributed by atoms with van der Waals surface area (Å²) in [6.07, 6.45) is 2.06. The number of benzene rings is 1. The van der Waals surface area contributed by atoms with Crippen molar-refractivity contribution >= 4 is 11.6 Å². The number of hydrogen-bond donors (Lipinski definition) is 1. The molecule has 1 atom stereocenters. The smallest absolute Gasteiger partial charge is 0.147 e. The second-order valence-electron chi connectivity index (χ2n) is 3.33. The number of aliphatic hydroxyl groups is 1. The summed E-state index contributed by atoms with van der Waals surface area (Å²) in [4.78, 5) is 3.83. The Morgan fingerprint density at radius 3 is 2.56 bits per heavy atom. The third-order valence-electron chi connectivity index (χ3n) is 2.30. The summed E-state index contributed by atoms with van der Waals surface area (Å²) in [6.45, 7) is 0. The van der Waals surface area contributed by atoms with Crippen molar-refractivity contribution in [3.8, 4) is 0 Å². The molecule has 0 radical (unpaired) electrons. The van der Waals surface area contributed by atoms with Crippen molar-refractivity contribution in [3.63, 3.8) is 0 Å². The monoisotopic (exact) mass is 237 g/mol. The molecule has 0 amide bonds.